The molecule has 0 radical (unpaired) electrons. The molecule has 0 fully saturated rings. The standard InChI is InChI=1S/C17H20F2N2O2/c1-4-6-21(5-2)11-7-13-15(20-10-11)9-14(18)12(17(13)19)8-16(22)23-3/h7,9-10H,4-6,8H2,1-3H3. The molecule has 2 rings (SSSR count). The lowest BCUT2D eigenvalue weighted by molar-refractivity contribution is -0.139. The summed E-state index contributed by atoms with van der Waals surface area (Å²) in [5.41, 5.74) is 0.711. The molecule has 0 unspecified atom stereocenters. The van der Waals surface area contributed by atoms with E-state index in [-0.39, 0.29) is 16.5 Å². The number of benzene rings is 1. The second-order valence-electron chi connectivity index (χ2n) is 5.24. The summed E-state index contributed by atoms with van der Waals surface area (Å²) in [7, 11) is 1.18. The Kier molecular flexibility index (Phi) is 5.47. The minimum atomic E-state index is -0.790. The average molecular weight is 322 g/mol. The highest BCUT2D eigenvalue weighted by Crippen LogP contribution is 2.27. The Morgan fingerprint density at radius 1 is 1.30 bits per heavy atom. The first-order valence-corrected chi connectivity index (χ1v) is 7.60. The third-order valence-electron chi connectivity index (χ3n) is 3.75. The molecular weight excluding hydrogens is 302 g/mol. The number of nitrogens with zero attached hydrogens (tertiary/aromatic N) is 2. The van der Waals surface area contributed by atoms with Crippen molar-refractivity contribution in [3.63, 3.8) is 0 Å². The van der Waals surface area contributed by atoms with Gasteiger partial charge in [-0.05, 0) is 19.4 Å². The van der Waals surface area contributed by atoms with E-state index in [0.717, 1.165) is 31.3 Å². The van der Waals surface area contributed by atoms with Gasteiger partial charge in [0.05, 0.1) is 30.9 Å². The molecule has 0 aliphatic carbocycles. The number of hydrogen-bond donors (Lipinski definition) is 0. The first kappa shape index (κ1) is 17.1. The number of carbonyl (C=O) groups is 1. The Bertz CT molecular complexity index is 719. The van der Waals surface area contributed by atoms with E-state index < -0.39 is 24.0 Å². The molecule has 0 saturated carbocycles. The molecule has 0 aliphatic heterocycles. The smallest absolute Gasteiger partial charge is 0.310 e. The van der Waals surface area contributed by atoms with Crippen molar-refractivity contribution in [2.75, 3.05) is 25.1 Å². The fourth-order valence-corrected chi connectivity index (χ4v) is 2.52. The van der Waals surface area contributed by atoms with Crippen LogP contribution in [-0.2, 0) is 16.0 Å². The Balaban J connectivity index is 2.53. The number of ether oxygens (including phenoxy) is 1. The lowest BCUT2D eigenvalue weighted by Gasteiger charge is -2.22. The van der Waals surface area contributed by atoms with Gasteiger partial charge in [-0.15, -0.1) is 0 Å². The van der Waals surface area contributed by atoms with Crippen LogP contribution in [0.5, 0.6) is 0 Å². The summed E-state index contributed by atoms with van der Waals surface area (Å²) in [4.78, 5) is 17.6. The van der Waals surface area contributed by atoms with E-state index in [0.29, 0.717) is 0 Å². The summed E-state index contributed by atoms with van der Waals surface area (Å²) >= 11 is 0. The molecule has 124 valence electrons. The summed E-state index contributed by atoms with van der Waals surface area (Å²) < 4.78 is 33.2. The second-order valence-corrected chi connectivity index (χ2v) is 5.24. The van der Waals surface area contributed by atoms with Gasteiger partial charge >= 0.3 is 5.97 Å². The van der Waals surface area contributed by atoms with Crippen LogP contribution in [-0.4, -0.2) is 31.2 Å². The molecule has 0 saturated heterocycles. The van der Waals surface area contributed by atoms with Crippen molar-refractivity contribution in [3.05, 3.63) is 35.5 Å². The van der Waals surface area contributed by atoms with E-state index in [1.54, 1.807) is 12.3 Å². The number of halogens is 2. The number of carbonyl (C=O) groups excluding carboxylic acids is 1. The molecule has 1 aromatic carbocycles. The van der Waals surface area contributed by atoms with E-state index in [1.165, 1.54) is 7.11 Å². The van der Waals surface area contributed by atoms with Crippen molar-refractivity contribution in [1.29, 1.82) is 0 Å². The maximum atomic E-state index is 14.7. The van der Waals surface area contributed by atoms with E-state index >= 15 is 0 Å². The number of rotatable bonds is 6. The number of aromatic nitrogens is 1. The van der Waals surface area contributed by atoms with Crippen LogP contribution in [0.1, 0.15) is 25.8 Å². The topological polar surface area (TPSA) is 42.4 Å². The zero-order chi connectivity index (χ0) is 17.0. The summed E-state index contributed by atoms with van der Waals surface area (Å²) in [6.45, 7) is 5.64. The van der Waals surface area contributed by atoms with E-state index in [1.807, 2.05) is 6.92 Å². The number of esters is 1. The second kappa shape index (κ2) is 7.35. The Morgan fingerprint density at radius 2 is 2.04 bits per heavy atom. The van der Waals surface area contributed by atoms with Crippen LogP contribution in [0.15, 0.2) is 18.3 Å². The SMILES string of the molecule is CCCN(CC)c1cnc2cc(F)c(CC(=O)OC)c(F)c2c1. The Hall–Kier alpha value is -2.24. The highest BCUT2D eigenvalue weighted by molar-refractivity contribution is 5.85. The molecule has 23 heavy (non-hydrogen) atoms. The highest BCUT2D eigenvalue weighted by atomic mass is 19.1. The monoisotopic (exact) mass is 322 g/mol. The van der Waals surface area contributed by atoms with Crippen LogP contribution in [0.2, 0.25) is 0 Å². The summed E-state index contributed by atoms with van der Waals surface area (Å²) in [6.07, 6.45) is 2.12. The van der Waals surface area contributed by atoms with Crippen molar-refractivity contribution in [2.45, 2.75) is 26.7 Å². The van der Waals surface area contributed by atoms with Gasteiger partial charge in [-0.2, -0.15) is 0 Å². The summed E-state index contributed by atoms with van der Waals surface area (Å²) in [5.74, 6) is -2.23. The first-order valence-electron chi connectivity index (χ1n) is 7.60. The lowest BCUT2D eigenvalue weighted by Crippen LogP contribution is -2.23. The average Bonchev–Trinajstić information content (AvgIpc) is 2.56. The molecular formula is C17H20F2N2O2. The predicted molar refractivity (Wildman–Crippen MR) is 85.6 cm³/mol. The minimum absolute atomic E-state index is 0.206. The number of fused-ring (bicyclic) bond motifs is 1. The number of pyridine rings is 1. The molecule has 1 heterocycles. The molecule has 4 nitrogen and oxygen atoms in total. The maximum Gasteiger partial charge on any atom is 0.310 e. The molecule has 2 aromatic rings. The van der Waals surface area contributed by atoms with Gasteiger partial charge in [0, 0.05) is 30.1 Å². The maximum absolute atomic E-state index is 14.7. The van der Waals surface area contributed by atoms with Gasteiger partial charge < -0.3 is 9.64 Å². The molecule has 0 spiro atoms. The van der Waals surface area contributed by atoms with Crippen LogP contribution in [0, 0.1) is 11.6 Å². The zero-order valence-corrected chi connectivity index (χ0v) is 13.5. The van der Waals surface area contributed by atoms with Gasteiger partial charge in [-0.3, -0.25) is 9.78 Å². The molecule has 0 N–H and O–H groups in total. The summed E-state index contributed by atoms with van der Waals surface area (Å²) in [5, 5.41) is 0.206. The van der Waals surface area contributed by atoms with Crippen molar-refractivity contribution >= 4 is 22.6 Å². The zero-order valence-electron chi connectivity index (χ0n) is 13.5. The van der Waals surface area contributed by atoms with Gasteiger partial charge in [0.2, 0.25) is 0 Å². The number of methoxy groups -OCH3 is 1. The third-order valence-corrected chi connectivity index (χ3v) is 3.75. The van der Waals surface area contributed by atoms with Crippen LogP contribution in [0.25, 0.3) is 10.9 Å². The Labute approximate surface area is 134 Å². The molecule has 0 aliphatic rings. The molecule has 6 heteroatoms. The third kappa shape index (κ3) is 3.57. The molecule has 0 amide bonds. The van der Waals surface area contributed by atoms with Crippen LogP contribution >= 0.6 is 0 Å². The lowest BCUT2D eigenvalue weighted by atomic mass is 10.1. The Morgan fingerprint density at radius 3 is 2.65 bits per heavy atom. The molecule has 1 aromatic heterocycles. The van der Waals surface area contributed by atoms with Crippen LogP contribution in [0.4, 0.5) is 14.5 Å². The van der Waals surface area contributed by atoms with Crippen molar-refractivity contribution < 1.29 is 18.3 Å². The quantitative estimate of drug-likeness (QED) is 0.764. The van der Waals surface area contributed by atoms with Gasteiger partial charge in [0.15, 0.2) is 0 Å². The van der Waals surface area contributed by atoms with E-state index in [4.69, 9.17) is 0 Å². The molecule has 0 bridgehead atoms. The minimum Gasteiger partial charge on any atom is -0.469 e. The number of anilines is 1. The van der Waals surface area contributed by atoms with E-state index in [9.17, 15) is 13.6 Å². The van der Waals surface area contributed by atoms with Gasteiger partial charge in [-0.25, -0.2) is 8.78 Å². The van der Waals surface area contributed by atoms with Gasteiger partial charge in [0.1, 0.15) is 11.6 Å². The van der Waals surface area contributed by atoms with Gasteiger partial charge in [0.25, 0.3) is 0 Å². The van der Waals surface area contributed by atoms with E-state index in [2.05, 4.69) is 21.5 Å². The van der Waals surface area contributed by atoms with Gasteiger partial charge in [-0.1, -0.05) is 6.92 Å². The highest BCUT2D eigenvalue weighted by Gasteiger charge is 2.18. The van der Waals surface area contributed by atoms with Crippen LogP contribution < -0.4 is 4.90 Å². The molecule has 0 atom stereocenters. The normalized spacial score (nSPS) is 10.8. The largest absolute Gasteiger partial charge is 0.469 e. The van der Waals surface area contributed by atoms with Crippen molar-refractivity contribution in [1.82, 2.24) is 4.98 Å². The number of hydrogen-bond acceptors (Lipinski definition) is 4. The van der Waals surface area contributed by atoms with Crippen LogP contribution in [0.3, 0.4) is 0 Å². The van der Waals surface area contributed by atoms with Crippen molar-refractivity contribution in [2.24, 2.45) is 0 Å². The summed E-state index contributed by atoms with van der Waals surface area (Å²) in [6, 6.07) is 2.80. The fourth-order valence-electron chi connectivity index (χ4n) is 2.52. The fraction of sp³-hybridized carbons (Fsp3) is 0.412. The predicted octanol–water partition coefficient (Wildman–Crippen LogP) is 3.46. The first-order chi connectivity index (χ1) is 11.0. The van der Waals surface area contributed by atoms with Crippen molar-refractivity contribution in [3.8, 4) is 0 Å².